The molecule has 0 aromatic carbocycles. The molecule has 0 bridgehead atoms. The number of hydrogen-bond acceptors (Lipinski definition) is 3. The molecule has 1 atom stereocenters. The quantitative estimate of drug-likeness (QED) is 0.783. The fourth-order valence-electron chi connectivity index (χ4n) is 0.810. The van der Waals surface area contributed by atoms with Crippen molar-refractivity contribution in [1.82, 2.24) is 4.98 Å². The van der Waals surface area contributed by atoms with Gasteiger partial charge in [0.2, 0.25) is 0 Å². The molecule has 0 saturated heterocycles. The van der Waals surface area contributed by atoms with E-state index in [4.69, 9.17) is 22.4 Å². The highest BCUT2D eigenvalue weighted by atomic mass is 79.9. The zero-order valence-corrected chi connectivity index (χ0v) is 8.51. The van der Waals surface area contributed by atoms with Gasteiger partial charge in [-0.05, 0) is 27.6 Å². The fraction of sp³-hybridized carbons (Fsp3) is 0.286. The molecule has 1 aromatic rings. The molecule has 0 spiro atoms. The molecule has 5 heteroatoms. The van der Waals surface area contributed by atoms with E-state index in [1.165, 1.54) is 0 Å². The van der Waals surface area contributed by atoms with Crippen LogP contribution in [0.4, 0.5) is 0 Å². The molecule has 1 aromatic heterocycles. The van der Waals surface area contributed by atoms with E-state index in [1.807, 2.05) is 0 Å². The number of aliphatic hydroxyl groups excluding tert-OH is 1. The Balaban J connectivity index is 3.04. The summed E-state index contributed by atoms with van der Waals surface area (Å²) in [6.07, 6.45) is 1.56. The van der Waals surface area contributed by atoms with Crippen molar-refractivity contribution >= 4 is 27.5 Å². The van der Waals surface area contributed by atoms with Crippen molar-refractivity contribution in [3.8, 4) is 0 Å². The van der Waals surface area contributed by atoms with E-state index in [0.29, 0.717) is 5.15 Å². The van der Waals surface area contributed by atoms with Crippen LogP contribution in [0.15, 0.2) is 16.7 Å². The maximum absolute atomic E-state index is 8.79. The van der Waals surface area contributed by atoms with Gasteiger partial charge < -0.3 is 10.8 Å². The standard InChI is InChI=1S/C7H8BrClN2O/c8-5-2-11-7(9)1-4(5)6(10)3-12/h1-2,6,12H,3,10H2/t6-/m1/s1. The fourth-order valence-corrected chi connectivity index (χ4v) is 1.49. The van der Waals surface area contributed by atoms with Gasteiger partial charge >= 0.3 is 0 Å². The van der Waals surface area contributed by atoms with E-state index in [0.717, 1.165) is 10.0 Å². The molecular formula is C7H8BrClN2O. The third-order valence-electron chi connectivity index (χ3n) is 1.45. The Bertz CT molecular complexity index is 282. The highest BCUT2D eigenvalue weighted by molar-refractivity contribution is 9.10. The first-order chi connectivity index (χ1) is 5.65. The minimum Gasteiger partial charge on any atom is -0.394 e. The summed E-state index contributed by atoms with van der Waals surface area (Å²) < 4.78 is 0.758. The van der Waals surface area contributed by atoms with Crippen LogP contribution in [-0.2, 0) is 0 Å². The molecule has 3 N–H and O–H groups in total. The van der Waals surface area contributed by atoms with E-state index < -0.39 is 6.04 Å². The number of aromatic nitrogens is 1. The van der Waals surface area contributed by atoms with Crippen molar-refractivity contribution in [3.63, 3.8) is 0 Å². The summed E-state index contributed by atoms with van der Waals surface area (Å²) in [5.41, 5.74) is 6.36. The maximum Gasteiger partial charge on any atom is 0.129 e. The van der Waals surface area contributed by atoms with Gasteiger partial charge in [0.25, 0.3) is 0 Å². The van der Waals surface area contributed by atoms with Gasteiger partial charge in [0.15, 0.2) is 0 Å². The number of nitrogens with zero attached hydrogens (tertiary/aromatic N) is 1. The van der Waals surface area contributed by atoms with E-state index in [2.05, 4.69) is 20.9 Å². The third-order valence-corrected chi connectivity index (χ3v) is 2.32. The Kier molecular flexibility index (Phi) is 3.46. The largest absolute Gasteiger partial charge is 0.394 e. The highest BCUT2D eigenvalue weighted by Gasteiger charge is 2.09. The van der Waals surface area contributed by atoms with Crippen LogP contribution >= 0.6 is 27.5 Å². The molecule has 0 fully saturated rings. The van der Waals surface area contributed by atoms with Crippen LogP contribution in [0.3, 0.4) is 0 Å². The number of hydrogen-bond donors (Lipinski definition) is 2. The Morgan fingerprint density at radius 3 is 3.00 bits per heavy atom. The zero-order valence-electron chi connectivity index (χ0n) is 6.17. The summed E-state index contributed by atoms with van der Waals surface area (Å²) in [7, 11) is 0. The number of halogens is 2. The average Bonchev–Trinajstić information content (AvgIpc) is 2.08. The molecule has 0 unspecified atom stereocenters. The van der Waals surface area contributed by atoms with Crippen LogP contribution in [0.2, 0.25) is 5.15 Å². The second-order valence-corrected chi connectivity index (χ2v) is 3.56. The zero-order chi connectivity index (χ0) is 9.14. The third kappa shape index (κ3) is 2.17. The molecule has 3 nitrogen and oxygen atoms in total. The lowest BCUT2D eigenvalue weighted by molar-refractivity contribution is 0.267. The predicted octanol–water partition coefficient (Wildman–Crippen LogP) is 1.49. The van der Waals surface area contributed by atoms with Gasteiger partial charge in [-0.3, -0.25) is 0 Å². The van der Waals surface area contributed by atoms with E-state index in [1.54, 1.807) is 12.3 Å². The second kappa shape index (κ2) is 4.18. The topological polar surface area (TPSA) is 59.1 Å². The summed E-state index contributed by atoms with van der Waals surface area (Å²) in [5, 5.41) is 9.17. The van der Waals surface area contributed by atoms with Gasteiger partial charge in [-0.2, -0.15) is 0 Å². The molecule has 1 rings (SSSR count). The first kappa shape index (κ1) is 9.92. The SMILES string of the molecule is N[C@H](CO)c1cc(Cl)ncc1Br. The smallest absolute Gasteiger partial charge is 0.129 e. The molecule has 0 radical (unpaired) electrons. The maximum atomic E-state index is 8.79. The van der Waals surface area contributed by atoms with E-state index in [-0.39, 0.29) is 6.61 Å². The molecule has 0 amide bonds. The molecule has 0 aliphatic carbocycles. The number of aliphatic hydroxyl groups is 1. The van der Waals surface area contributed by atoms with Crippen LogP contribution in [0.25, 0.3) is 0 Å². The van der Waals surface area contributed by atoms with Gasteiger partial charge in [0, 0.05) is 10.7 Å². The normalized spacial score (nSPS) is 13.0. The Labute approximate surface area is 83.7 Å². The Hall–Kier alpha value is -0.160. The van der Waals surface area contributed by atoms with Gasteiger partial charge in [-0.25, -0.2) is 4.98 Å². The van der Waals surface area contributed by atoms with Crippen molar-refractivity contribution in [2.75, 3.05) is 6.61 Å². The van der Waals surface area contributed by atoms with Crippen molar-refractivity contribution in [2.45, 2.75) is 6.04 Å². The first-order valence-electron chi connectivity index (χ1n) is 3.32. The second-order valence-electron chi connectivity index (χ2n) is 2.32. The number of rotatable bonds is 2. The van der Waals surface area contributed by atoms with Crippen LogP contribution in [0.1, 0.15) is 11.6 Å². The Morgan fingerprint density at radius 2 is 2.42 bits per heavy atom. The summed E-state index contributed by atoms with van der Waals surface area (Å²) in [4.78, 5) is 3.84. The number of pyridine rings is 1. The van der Waals surface area contributed by atoms with E-state index >= 15 is 0 Å². The molecule has 0 aliphatic rings. The molecule has 0 aliphatic heterocycles. The lowest BCUT2D eigenvalue weighted by Gasteiger charge is -2.10. The van der Waals surface area contributed by atoms with Crippen LogP contribution < -0.4 is 5.73 Å². The monoisotopic (exact) mass is 250 g/mol. The van der Waals surface area contributed by atoms with Crippen LogP contribution in [-0.4, -0.2) is 16.7 Å². The molecule has 66 valence electrons. The average molecular weight is 252 g/mol. The lowest BCUT2D eigenvalue weighted by atomic mass is 10.1. The lowest BCUT2D eigenvalue weighted by Crippen LogP contribution is -2.15. The van der Waals surface area contributed by atoms with Gasteiger partial charge in [-0.15, -0.1) is 0 Å². The van der Waals surface area contributed by atoms with Crippen LogP contribution in [0, 0.1) is 0 Å². The van der Waals surface area contributed by atoms with Gasteiger partial charge in [0.1, 0.15) is 5.15 Å². The molecular weight excluding hydrogens is 243 g/mol. The van der Waals surface area contributed by atoms with E-state index in [9.17, 15) is 0 Å². The molecule has 1 heterocycles. The summed E-state index contributed by atoms with van der Waals surface area (Å²) in [5.74, 6) is 0. The van der Waals surface area contributed by atoms with Crippen molar-refractivity contribution < 1.29 is 5.11 Å². The minimum absolute atomic E-state index is 0.112. The molecule has 0 saturated carbocycles. The van der Waals surface area contributed by atoms with Crippen LogP contribution in [0.5, 0.6) is 0 Å². The summed E-state index contributed by atoms with van der Waals surface area (Å²) in [6, 6.07) is 1.21. The van der Waals surface area contributed by atoms with Crippen molar-refractivity contribution in [2.24, 2.45) is 5.73 Å². The highest BCUT2D eigenvalue weighted by Crippen LogP contribution is 2.23. The summed E-state index contributed by atoms with van der Waals surface area (Å²) in [6.45, 7) is -0.112. The van der Waals surface area contributed by atoms with Crippen molar-refractivity contribution in [3.05, 3.63) is 27.5 Å². The predicted molar refractivity (Wildman–Crippen MR) is 51.0 cm³/mol. The Morgan fingerprint density at radius 1 is 1.75 bits per heavy atom. The molecule has 12 heavy (non-hydrogen) atoms. The van der Waals surface area contributed by atoms with Gasteiger partial charge in [0.05, 0.1) is 12.6 Å². The summed E-state index contributed by atoms with van der Waals surface area (Å²) >= 11 is 8.91. The first-order valence-corrected chi connectivity index (χ1v) is 4.49. The number of nitrogens with two attached hydrogens (primary N) is 1. The van der Waals surface area contributed by atoms with Gasteiger partial charge in [-0.1, -0.05) is 11.6 Å². The van der Waals surface area contributed by atoms with Crippen molar-refractivity contribution in [1.29, 1.82) is 0 Å². The minimum atomic E-state index is -0.417.